The molecule has 24 heavy (non-hydrogen) atoms. The Balaban J connectivity index is 2.12. The van der Waals surface area contributed by atoms with Crippen LogP contribution in [-0.2, 0) is 9.59 Å². The molecule has 1 aliphatic rings. The fourth-order valence-electron chi connectivity index (χ4n) is 2.88. The maximum absolute atomic E-state index is 12.9. The molecule has 2 amide bonds. The highest BCUT2D eigenvalue weighted by atomic mass is 19.1. The third kappa shape index (κ3) is 2.65. The first kappa shape index (κ1) is 16.1. The number of nitrogens with one attached hydrogen (secondary N) is 1. The van der Waals surface area contributed by atoms with Crippen molar-refractivity contribution in [2.24, 2.45) is 0 Å². The number of alkyl halides is 1. The second kappa shape index (κ2) is 6.41. The van der Waals surface area contributed by atoms with Crippen LogP contribution in [0.3, 0.4) is 0 Å². The first-order chi connectivity index (χ1) is 11.5. The summed E-state index contributed by atoms with van der Waals surface area (Å²) in [4.78, 5) is 26.2. The third-order valence-electron chi connectivity index (χ3n) is 4.14. The number of anilines is 1. The minimum Gasteiger partial charge on any atom is -0.381 e. The van der Waals surface area contributed by atoms with E-state index in [1.54, 1.807) is 19.2 Å². The predicted molar refractivity (Wildman–Crippen MR) is 88.2 cm³/mol. The summed E-state index contributed by atoms with van der Waals surface area (Å²) in [7, 11) is 1.62. The minimum atomic E-state index is -1.79. The Morgan fingerprint density at radius 2 is 1.83 bits per heavy atom. The molecule has 0 fully saturated rings. The van der Waals surface area contributed by atoms with Crippen LogP contribution in [0.2, 0.25) is 0 Å². The topological polar surface area (TPSA) is 69.6 Å². The zero-order valence-electron chi connectivity index (χ0n) is 13.1. The van der Waals surface area contributed by atoms with E-state index in [1.165, 1.54) is 4.90 Å². The summed E-state index contributed by atoms with van der Waals surface area (Å²) in [5, 5.41) is 11.8. The molecule has 0 spiro atoms. The van der Waals surface area contributed by atoms with Crippen molar-refractivity contribution in [1.29, 1.82) is 0 Å². The lowest BCUT2D eigenvalue weighted by Crippen LogP contribution is -2.44. The van der Waals surface area contributed by atoms with E-state index in [0.29, 0.717) is 5.56 Å². The number of para-hydroxylation sites is 1. The van der Waals surface area contributed by atoms with Gasteiger partial charge in [0.15, 0.2) is 6.10 Å². The SMILES string of the molecule is CN1C(=O)C(NC(=O)C(O)CF)c2ccccc2-c2ccccc21. The van der Waals surface area contributed by atoms with Crippen LogP contribution < -0.4 is 10.2 Å². The Morgan fingerprint density at radius 1 is 1.21 bits per heavy atom. The number of aliphatic hydroxyl groups is 1. The average Bonchev–Trinajstić information content (AvgIpc) is 2.71. The van der Waals surface area contributed by atoms with E-state index >= 15 is 0 Å². The van der Waals surface area contributed by atoms with Gasteiger partial charge in [0.25, 0.3) is 11.8 Å². The Hall–Kier alpha value is -2.73. The summed E-state index contributed by atoms with van der Waals surface area (Å²) >= 11 is 0. The number of amides is 2. The van der Waals surface area contributed by atoms with Crippen LogP contribution in [0, 0.1) is 0 Å². The van der Waals surface area contributed by atoms with Crippen molar-refractivity contribution in [2.45, 2.75) is 12.1 Å². The number of rotatable bonds is 3. The van der Waals surface area contributed by atoms with Gasteiger partial charge in [-0.15, -0.1) is 0 Å². The van der Waals surface area contributed by atoms with Crippen LogP contribution >= 0.6 is 0 Å². The molecule has 2 atom stereocenters. The van der Waals surface area contributed by atoms with Crippen molar-refractivity contribution in [1.82, 2.24) is 5.32 Å². The molecular weight excluding hydrogens is 311 g/mol. The molecule has 3 rings (SSSR count). The fourth-order valence-corrected chi connectivity index (χ4v) is 2.88. The summed E-state index contributed by atoms with van der Waals surface area (Å²) in [5.74, 6) is -1.27. The lowest BCUT2D eigenvalue weighted by molar-refractivity contribution is -0.133. The highest BCUT2D eigenvalue weighted by molar-refractivity contribution is 6.06. The van der Waals surface area contributed by atoms with Crippen LogP contribution in [0.1, 0.15) is 11.6 Å². The molecule has 1 heterocycles. The van der Waals surface area contributed by atoms with Crippen LogP contribution in [0.15, 0.2) is 48.5 Å². The molecular formula is C18H17FN2O3. The zero-order valence-corrected chi connectivity index (χ0v) is 13.1. The van der Waals surface area contributed by atoms with Crippen LogP contribution in [0.5, 0.6) is 0 Å². The summed E-state index contributed by atoms with van der Waals surface area (Å²) in [5.41, 5.74) is 3.01. The van der Waals surface area contributed by atoms with Gasteiger partial charge in [-0.1, -0.05) is 42.5 Å². The molecule has 2 aromatic carbocycles. The number of carbonyl (C=O) groups is 2. The first-order valence-electron chi connectivity index (χ1n) is 7.55. The quantitative estimate of drug-likeness (QED) is 0.903. The standard InChI is InChI=1S/C18H17FN2O3/c1-21-14-9-5-4-7-12(14)11-6-2-3-8-13(11)16(18(21)24)20-17(23)15(22)10-19/h2-9,15-16,22H,10H2,1H3,(H,20,23). The van der Waals surface area contributed by atoms with Crippen molar-refractivity contribution in [3.05, 3.63) is 54.1 Å². The first-order valence-corrected chi connectivity index (χ1v) is 7.55. The van der Waals surface area contributed by atoms with Crippen molar-refractivity contribution < 1.29 is 19.1 Å². The van der Waals surface area contributed by atoms with Crippen molar-refractivity contribution in [3.8, 4) is 11.1 Å². The van der Waals surface area contributed by atoms with E-state index in [1.807, 2.05) is 36.4 Å². The summed E-state index contributed by atoms with van der Waals surface area (Å²) in [6.07, 6.45) is -1.79. The minimum absolute atomic E-state index is 0.355. The zero-order chi connectivity index (χ0) is 17.3. The molecule has 0 radical (unpaired) electrons. The molecule has 5 nitrogen and oxygen atoms in total. The maximum atomic E-state index is 12.9. The summed E-state index contributed by atoms with van der Waals surface area (Å²) in [6, 6.07) is 13.7. The maximum Gasteiger partial charge on any atom is 0.253 e. The van der Waals surface area contributed by atoms with Crippen LogP contribution in [0.4, 0.5) is 10.1 Å². The summed E-state index contributed by atoms with van der Waals surface area (Å²) < 4.78 is 12.6. The highest BCUT2D eigenvalue weighted by Gasteiger charge is 2.34. The molecule has 1 aliphatic heterocycles. The molecule has 2 N–H and O–H groups in total. The predicted octanol–water partition coefficient (Wildman–Crippen LogP) is 1.82. The van der Waals surface area contributed by atoms with Gasteiger partial charge in [0.2, 0.25) is 0 Å². The number of fused-ring (bicyclic) bond motifs is 3. The number of nitrogens with zero attached hydrogens (tertiary/aromatic N) is 1. The molecule has 2 unspecified atom stereocenters. The van der Waals surface area contributed by atoms with E-state index < -0.39 is 24.7 Å². The van der Waals surface area contributed by atoms with E-state index in [9.17, 15) is 19.1 Å². The molecule has 124 valence electrons. The van der Waals surface area contributed by atoms with Crippen LogP contribution in [-0.4, -0.2) is 36.7 Å². The number of carbonyl (C=O) groups excluding carboxylic acids is 2. The third-order valence-corrected chi connectivity index (χ3v) is 4.14. The second-order valence-corrected chi connectivity index (χ2v) is 5.61. The average molecular weight is 328 g/mol. The second-order valence-electron chi connectivity index (χ2n) is 5.61. The highest BCUT2D eigenvalue weighted by Crippen LogP contribution is 2.39. The Morgan fingerprint density at radius 3 is 2.54 bits per heavy atom. The largest absolute Gasteiger partial charge is 0.381 e. The Bertz CT molecular complexity index is 793. The molecule has 2 aromatic rings. The lowest BCUT2D eigenvalue weighted by atomic mass is 9.95. The number of aliphatic hydroxyl groups excluding tert-OH is 1. The molecule has 0 bridgehead atoms. The molecule has 0 aromatic heterocycles. The number of hydrogen-bond acceptors (Lipinski definition) is 3. The van der Waals surface area contributed by atoms with Gasteiger partial charge >= 0.3 is 0 Å². The van der Waals surface area contributed by atoms with Gasteiger partial charge in [0.1, 0.15) is 12.7 Å². The number of hydrogen-bond donors (Lipinski definition) is 2. The van der Waals surface area contributed by atoms with Gasteiger partial charge in [-0.3, -0.25) is 9.59 Å². The van der Waals surface area contributed by atoms with Crippen molar-refractivity contribution in [3.63, 3.8) is 0 Å². The number of benzene rings is 2. The lowest BCUT2D eigenvalue weighted by Gasteiger charge is -2.23. The van der Waals surface area contributed by atoms with E-state index in [-0.39, 0.29) is 5.91 Å². The van der Waals surface area contributed by atoms with Gasteiger partial charge in [-0.2, -0.15) is 0 Å². The Kier molecular flexibility index (Phi) is 4.31. The number of likely N-dealkylation sites (N-methyl/N-ethyl adjacent to an activating group) is 1. The van der Waals surface area contributed by atoms with E-state index in [4.69, 9.17) is 0 Å². The normalized spacial score (nSPS) is 17.5. The molecule has 0 saturated heterocycles. The fraction of sp³-hybridized carbons (Fsp3) is 0.222. The van der Waals surface area contributed by atoms with Gasteiger partial charge in [-0.25, -0.2) is 4.39 Å². The Labute approximate surface area is 138 Å². The van der Waals surface area contributed by atoms with Crippen molar-refractivity contribution in [2.75, 3.05) is 18.6 Å². The van der Waals surface area contributed by atoms with Gasteiger partial charge in [0, 0.05) is 12.6 Å². The van der Waals surface area contributed by atoms with E-state index in [0.717, 1.165) is 16.8 Å². The summed E-state index contributed by atoms with van der Waals surface area (Å²) in [6.45, 7) is -1.20. The van der Waals surface area contributed by atoms with Gasteiger partial charge < -0.3 is 15.3 Å². The molecule has 0 saturated carbocycles. The van der Waals surface area contributed by atoms with Gasteiger partial charge in [0.05, 0.1) is 5.69 Å². The van der Waals surface area contributed by atoms with Gasteiger partial charge in [-0.05, 0) is 17.2 Å². The molecule has 0 aliphatic carbocycles. The molecule has 6 heteroatoms. The monoisotopic (exact) mass is 328 g/mol. The van der Waals surface area contributed by atoms with Crippen molar-refractivity contribution >= 4 is 17.5 Å². The smallest absolute Gasteiger partial charge is 0.253 e. The van der Waals surface area contributed by atoms with E-state index in [2.05, 4.69) is 5.32 Å². The number of halogens is 1. The van der Waals surface area contributed by atoms with Crippen LogP contribution in [0.25, 0.3) is 11.1 Å².